The van der Waals surface area contributed by atoms with Crippen LogP contribution in [0.3, 0.4) is 0 Å². The highest BCUT2D eigenvalue weighted by atomic mass is 16.5. The molecule has 0 atom stereocenters. The number of unbranched alkanes of at least 4 members (excludes halogenated alkanes) is 18. The summed E-state index contributed by atoms with van der Waals surface area (Å²) < 4.78 is 11.2. The Labute approximate surface area is 221 Å². The lowest BCUT2D eigenvalue weighted by Gasteiger charge is -2.05. The average Bonchev–Trinajstić information content (AvgIpc) is 3.05. The first-order valence-electron chi connectivity index (χ1n) is 15.1. The van der Waals surface area contributed by atoms with Gasteiger partial charge in [-0.1, -0.05) is 129 Å². The van der Waals surface area contributed by atoms with Crippen molar-refractivity contribution in [2.24, 2.45) is 0 Å². The van der Waals surface area contributed by atoms with E-state index in [1.165, 1.54) is 109 Å². The third-order valence-electron chi connectivity index (χ3n) is 6.77. The first-order chi connectivity index (χ1) is 17.7. The van der Waals surface area contributed by atoms with Crippen LogP contribution in [0.4, 0.5) is 0 Å². The molecule has 0 N–H and O–H groups in total. The predicted octanol–water partition coefficient (Wildman–Crippen LogP) is 9.56. The number of hydrogen-bond donors (Lipinski definition) is 0. The topological polar surface area (TPSA) is 52.6 Å². The van der Waals surface area contributed by atoms with Crippen molar-refractivity contribution in [1.82, 2.24) is 0 Å². The standard InChI is InChI=1S/C32H54O4/c1-3-5-7-9-11-13-15-17-19-21-23-32(34)36-31-27-25-29(24-26-30(31)33)35-28-22-20-18-16-14-12-10-8-6-4-2/h24-27H,3-23,28H2,1-2H3. The summed E-state index contributed by atoms with van der Waals surface area (Å²) in [5.74, 6) is 0.395. The van der Waals surface area contributed by atoms with Gasteiger partial charge in [-0.15, -0.1) is 0 Å². The fourth-order valence-corrected chi connectivity index (χ4v) is 4.43. The molecule has 0 aliphatic heterocycles. The number of hydrogen-bond acceptors (Lipinski definition) is 4. The molecule has 36 heavy (non-hydrogen) atoms. The van der Waals surface area contributed by atoms with Gasteiger partial charge in [0.05, 0.1) is 6.61 Å². The normalized spacial score (nSPS) is 10.9. The molecule has 0 radical (unpaired) electrons. The van der Waals surface area contributed by atoms with Crippen LogP contribution in [0.2, 0.25) is 0 Å². The molecule has 0 aliphatic rings. The highest BCUT2D eigenvalue weighted by molar-refractivity contribution is 5.72. The SMILES string of the molecule is CCCCCCCCCCCCOc1ccc(OC(=O)CCCCCCCCCCCC)c(=O)cc1. The van der Waals surface area contributed by atoms with Crippen molar-refractivity contribution < 1.29 is 14.3 Å². The number of rotatable bonds is 24. The van der Waals surface area contributed by atoms with Gasteiger partial charge in [0.2, 0.25) is 5.43 Å². The molecule has 0 spiro atoms. The second-order valence-electron chi connectivity index (χ2n) is 10.2. The van der Waals surface area contributed by atoms with Gasteiger partial charge in [-0.25, -0.2) is 0 Å². The summed E-state index contributed by atoms with van der Waals surface area (Å²) in [7, 11) is 0. The maximum atomic E-state index is 12.3. The van der Waals surface area contributed by atoms with Gasteiger partial charge < -0.3 is 9.47 Å². The van der Waals surface area contributed by atoms with Crippen molar-refractivity contribution in [1.29, 1.82) is 0 Å². The van der Waals surface area contributed by atoms with E-state index in [0.717, 1.165) is 25.7 Å². The molecule has 206 valence electrons. The van der Waals surface area contributed by atoms with Crippen molar-refractivity contribution in [2.45, 2.75) is 149 Å². The van der Waals surface area contributed by atoms with Crippen LogP contribution in [0.5, 0.6) is 11.5 Å². The Morgan fingerprint density at radius 3 is 1.56 bits per heavy atom. The van der Waals surface area contributed by atoms with Crippen LogP contribution in [-0.4, -0.2) is 12.6 Å². The summed E-state index contributed by atoms with van der Waals surface area (Å²) in [5, 5.41) is 0. The first kappa shape index (κ1) is 32.2. The Balaban J connectivity index is 2.14. The smallest absolute Gasteiger partial charge is 0.311 e. The second kappa shape index (κ2) is 23.6. The maximum Gasteiger partial charge on any atom is 0.311 e. The molecular formula is C32H54O4. The molecule has 0 unspecified atom stereocenters. The van der Waals surface area contributed by atoms with Crippen molar-refractivity contribution in [2.75, 3.05) is 6.61 Å². The van der Waals surface area contributed by atoms with E-state index in [0.29, 0.717) is 18.8 Å². The van der Waals surface area contributed by atoms with Gasteiger partial charge in [-0.2, -0.15) is 0 Å². The van der Waals surface area contributed by atoms with E-state index in [1.807, 2.05) is 0 Å². The van der Waals surface area contributed by atoms with Crippen LogP contribution < -0.4 is 14.9 Å². The molecule has 0 saturated heterocycles. The number of carbonyl (C=O) groups excluding carboxylic acids is 1. The molecule has 0 fully saturated rings. The monoisotopic (exact) mass is 502 g/mol. The number of ether oxygens (including phenoxy) is 2. The molecule has 1 rings (SSSR count). The molecule has 0 aromatic heterocycles. The van der Waals surface area contributed by atoms with E-state index in [9.17, 15) is 9.59 Å². The highest BCUT2D eigenvalue weighted by Crippen LogP contribution is 2.15. The Kier molecular flexibility index (Phi) is 21.1. The highest BCUT2D eigenvalue weighted by Gasteiger charge is 2.07. The summed E-state index contributed by atoms with van der Waals surface area (Å²) in [5.41, 5.74) is -0.291. The molecule has 4 nitrogen and oxygen atoms in total. The zero-order chi connectivity index (χ0) is 26.1. The van der Waals surface area contributed by atoms with Gasteiger partial charge in [0.25, 0.3) is 0 Å². The van der Waals surface area contributed by atoms with Crippen molar-refractivity contribution in [3.05, 3.63) is 34.5 Å². The third kappa shape index (κ3) is 18.4. The lowest BCUT2D eigenvalue weighted by atomic mass is 10.1. The van der Waals surface area contributed by atoms with Crippen LogP contribution in [-0.2, 0) is 4.79 Å². The van der Waals surface area contributed by atoms with Crippen molar-refractivity contribution >= 4 is 5.97 Å². The molecule has 0 amide bonds. The van der Waals surface area contributed by atoms with E-state index in [4.69, 9.17) is 9.47 Å². The van der Waals surface area contributed by atoms with E-state index in [1.54, 1.807) is 18.2 Å². The molecular weight excluding hydrogens is 448 g/mol. The van der Waals surface area contributed by atoms with Gasteiger partial charge in [0, 0.05) is 6.42 Å². The molecule has 1 aromatic rings. The Bertz CT molecular complexity index is 715. The van der Waals surface area contributed by atoms with Gasteiger partial charge in [0.1, 0.15) is 5.75 Å². The predicted molar refractivity (Wildman–Crippen MR) is 152 cm³/mol. The van der Waals surface area contributed by atoms with Crippen LogP contribution >= 0.6 is 0 Å². The molecule has 0 aliphatic carbocycles. The van der Waals surface area contributed by atoms with Gasteiger partial charge in [0.15, 0.2) is 5.75 Å². The number of esters is 1. The summed E-state index contributed by atoms with van der Waals surface area (Å²) >= 11 is 0. The summed E-state index contributed by atoms with van der Waals surface area (Å²) in [6.07, 6.45) is 25.4. The Morgan fingerprint density at radius 2 is 1.03 bits per heavy atom. The Morgan fingerprint density at radius 1 is 0.583 bits per heavy atom. The fourth-order valence-electron chi connectivity index (χ4n) is 4.43. The lowest BCUT2D eigenvalue weighted by Crippen LogP contribution is -2.12. The third-order valence-corrected chi connectivity index (χ3v) is 6.77. The summed E-state index contributed by atoms with van der Waals surface area (Å²) in [4.78, 5) is 24.5. The van der Waals surface area contributed by atoms with E-state index >= 15 is 0 Å². The number of carbonyl (C=O) groups is 1. The molecule has 0 saturated carbocycles. The minimum Gasteiger partial charge on any atom is -0.494 e. The van der Waals surface area contributed by atoms with E-state index in [2.05, 4.69) is 13.8 Å². The molecule has 4 heteroatoms. The lowest BCUT2D eigenvalue weighted by molar-refractivity contribution is -0.134. The minimum absolute atomic E-state index is 0.0841. The van der Waals surface area contributed by atoms with E-state index < -0.39 is 0 Å². The average molecular weight is 503 g/mol. The molecule has 1 aromatic carbocycles. The first-order valence-corrected chi connectivity index (χ1v) is 15.1. The molecule has 0 bridgehead atoms. The van der Waals surface area contributed by atoms with Crippen LogP contribution in [0.1, 0.15) is 149 Å². The largest absolute Gasteiger partial charge is 0.494 e. The zero-order valence-electron chi connectivity index (χ0n) is 23.5. The summed E-state index contributed by atoms with van der Waals surface area (Å²) in [6.45, 7) is 5.14. The van der Waals surface area contributed by atoms with Crippen molar-refractivity contribution in [3.8, 4) is 11.5 Å². The molecule has 0 heterocycles. The summed E-state index contributed by atoms with van der Waals surface area (Å²) in [6, 6.07) is 6.38. The minimum atomic E-state index is -0.328. The van der Waals surface area contributed by atoms with Gasteiger partial charge in [-0.3, -0.25) is 9.59 Å². The maximum absolute atomic E-state index is 12.3. The second-order valence-corrected chi connectivity index (χ2v) is 10.2. The van der Waals surface area contributed by atoms with Gasteiger partial charge >= 0.3 is 5.97 Å². The quantitative estimate of drug-likeness (QED) is 0.104. The van der Waals surface area contributed by atoms with Crippen molar-refractivity contribution in [3.63, 3.8) is 0 Å². The zero-order valence-corrected chi connectivity index (χ0v) is 23.5. The van der Waals surface area contributed by atoms with Crippen LogP contribution in [0, 0.1) is 0 Å². The van der Waals surface area contributed by atoms with Gasteiger partial charge in [-0.05, 0) is 37.1 Å². The van der Waals surface area contributed by atoms with E-state index in [-0.39, 0.29) is 17.1 Å². The Hall–Kier alpha value is -1.84. The van der Waals surface area contributed by atoms with Crippen LogP contribution in [0.25, 0.3) is 0 Å². The fraction of sp³-hybridized carbons (Fsp3) is 0.750. The van der Waals surface area contributed by atoms with Crippen LogP contribution in [0.15, 0.2) is 29.1 Å².